The second kappa shape index (κ2) is 7.66. The summed E-state index contributed by atoms with van der Waals surface area (Å²) in [7, 11) is 0. The molecule has 0 atom stereocenters. The van der Waals surface area contributed by atoms with Crippen LogP contribution in [0.3, 0.4) is 0 Å². The minimum Gasteiger partial charge on any atom is -0.378 e. The van der Waals surface area contributed by atoms with Gasteiger partial charge in [0.25, 0.3) is 11.8 Å². The van der Waals surface area contributed by atoms with Crippen LogP contribution in [-0.2, 0) is 4.74 Å². The number of hydrogen-bond donors (Lipinski definition) is 2. The molecule has 4 rings (SSSR count). The summed E-state index contributed by atoms with van der Waals surface area (Å²) in [5.74, 6) is -0.564. The molecule has 2 aromatic carbocycles. The van der Waals surface area contributed by atoms with E-state index in [2.05, 4.69) is 10.3 Å². The van der Waals surface area contributed by atoms with Gasteiger partial charge in [-0.1, -0.05) is 12.1 Å². The number of anilines is 1. The van der Waals surface area contributed by atoms with Crippen molar-refractivity contribution in [3.8, 4) is 0 Å². The van der Waals surface area contributed by atoms with Gasteiger partial charge in [-0.2, -0.15) is 0 Å². The second-order valence-electron chi connectivity index (χ2n) is 6.51. The van der Waals surface area contributed by atoms with Crippen LogP contribution in [0.4, 0.5) is 5.69 Å². The Labute approximate surface area is 160 Å². The standard InChI is InChI=1S/C21H19N3O4/c25-19-16-3-1-2-4-18(16)22-13-17(19)20(26)23-15-7-5-14(6-8-15)21(27)24-9-11-28-12-10-24/h1-8,13H,9-12H2,(H,22,25)(H,23,26). The summed E-state index contributed by atoms with van der Waals surface area (Å²) in [5, 5.41) is 3.17. The number of fused-ring (bicyclic) bond motifs is 1. The zero-order valence-electron chi connectivity index (χ0n) is 15.1. The van der Waals surface area contributed by atoms with E-state index in [1.807, 2.05) is 6.07 Å². The zero-order valence-corrected chi connectivity index (χ0v) is 15.1. The third kappa shape index (κ3) is 3.52. The number of hydrogen-bond acceptors (Lipinski definition) is 4. The third-order valence-corrected chi connectivity index (χ3v) is 4.72. The van der Waals surface area contributed by atoms with Crippen molar-refractivity contribution in [1.29, 1.82) is 0 Å². The van der Waals surface area contributed by atoms with E-state index >= 15 is 0 Å². The van der Waals surface area contributed by atoms with Crippen LogP contribution in [-0.4, -0.2) is 48.0 Å². The molecule has 0 spiro atoms. The smallest absolute Gasteiger partial charge is 0.261 e. The van der Waals surface area contributed by atoms with Gasteiger partial charge in [0.1, 0.15) is 5.56 Å². The first-order chi connectivity index (χ1) is 13.6. The average molecular weight is 377 g/mol. The molecule has 2 amide bonds. The van der Waals surface area contributed by atoms with Crippen LogP contribution in [0.25, 0.3) is 10.9 Å². The number of aromatic nitrogens is 1. The van der Waals surface area contributed by atoms with E-state index in [1.54, 1.807) is 47.4 Å². The molecule has 1 saturated heterocycles. The summed E-state index contributed by atoms with van der Waals surface area (Å²) in [5.41, 5.74) is 1.44. The van der Waals surface area contributed by atoms with Gasteiger partial charge >= 0.3 is 0 Å². The Morgan fingerprint density at radius 3 is 2.46 bits per heavy atom. The van der Waals surface area contributed by atoms with Gasteiger partial charge in [-0.15, -0.1) is 0 Å². The summed E-state index contributed by atoms with van der Waals surface area (Å²) < 4.78 is 5.26. The van der Waals surface area contributed by atoms with Crippen LogP contribution in [0.1, 0.15) is 20.7 Å². The number of nitrogens with one attached hydrogen (secondary N) is 2. The fourth-order valence-corrected chi connectivity index (χ4v) is 3.18. The Bertz CT molecular complexity index is 1080. The molecule has 3 aromatic rings. The van der Waals surface area contributed by atoms with E-state index in [4.69, 9.17) is 4.74 Å². The molecular formula is C21H19N3O4. The molecule has 0 saturated carbocycles. The van der Waals surface area contributed by atoms with Crippen molar-refractivity contribution in [2.75, 3.05) is 31.6 Å². The van der Waals surface area contributed by atoms with Crippen molar-refractivity contribution >= 4 is 28.4 Å². The van der Waals surface area contributed by atoms with E-state index in [0.29, 0.717) is 48.5 Å². The molecule has 1 fully saturated rings. The van der Waals surface area contributed by atoms with Gasteiger partial charge in [0, 0.05) is 41.4 Å². The molecular weight excluding hydrogens is 358 g/mol. The number of carbonyl (C=O) groups is 2. The number of pyridine rings is 1. The highest BCUT2D eigenvalue weighted by Gasteiger charge is 2.18. The number of nitrogens with zero attached hydrogens (tertiary/aromatic N) is 1. The molecule has 0 bridgehead atoms. The Balaban J connectivity index is 1.50. The van der Waals surface area contributed by atoms with E-state index < -0.39 is 5.91 Å². The molecule has 0 radical (unpaired) electrons. The first-order valence-electron chi connectivity index (χ1n) is 9.02. The Morgan fingerprint density at radius 1 is 1.00 bits per heavy atom. The highest BCUT2D eigenvalue weighted by molar-refractivity contribution is 6.06. The van der Waals surface area contributed by atoms with E-state index in [1.165, 1.54) is 6.20 Å². The molecule has 2 N–H and O–H groups in total. The van der Waals surface area contributed by atoms with Crippen LogP contribution in [0.15, 0.2) is 59.5 Å². The van der Waals surface area contributed by atoms with Crippen LogP contribution < -0.4 is 10.7 Å². The van der Waals surface area contributed by atoms with E-state index in [0.717, 1.165) is 0 Å². The van der Waals surface area contributed by atoms with Gasteiger partial charge < -0.3 is 19.9 Å². The van der Waals surface area contributed by atoms with Crippen molar-refractivity contribution in [2.45, 2.75) is 0 Å². The van der Waals surface area contributed by atoms with Gasteiger partial charge in [0.2, 0.25) is 5.43 Å². The number of morpholine rings is 1. The number of benzene rings is 2. The third-order valence-electron chi connectivity index (χ3n) is 4.72. The molecule has 1 aliphatic heterocycles. The van der Waals surface area contributed by atoms with Crippen molar-refractivity contribution in [3.63, 3.8) is 0 Å². The van der Waals surface area contributed by atoms with Crippen molar-refractivity contribution in [1.82, 2.24) is 9.88 Å². The molecule has 142 valence electrons. The largest absolute Gasteiger partial charge is 0.378 e. The average Bonchev–Trinajstić information content (AvgIpc) is 2.75. The summed E-state index contributed by atoms with van der Waals surface area (Å²) >= 11 is 0. The molecule has 0 unspecified atom stereocenters. The zero-order chi connectivity index (χ0) is 19.5. The number of amides is 2. The maximum Gasteiger partial charge on any atom is 0.261 e. The van der Waals surface area contributed by atoms with E-state index in [-0.39, 0.29) is 16.9 Å². The Kier molecular flexibility index (Phi) is 4.90. The van der Waals surface area contributed by atoms with Gasteiger partial charge in [-0.05, 0) is 36.4 Å². The lowest BCUT2D eigenvalue weighted by atomic mass is 10.1. The Hall–Kier alpha value is -3.45. The van der Waals surface area contributed by atoms with Crippen LogP contribution in [0.5, 0.6) is 0 Å². The first-order valence-corrected chi connectivity index (χ1v) is 9.02. The fourth-order valence-electron chi connectivity index (χ4n) is 3.18. The summed E-state index contributed by atoms with van der Waals surface area (Å²) in [6.07, 6.45) is 1.41. The number of para-hydroxylation sites is 1. The predicted octanol–water partition coefficient (Wildman–Crippen LogP) is 2.25. The summed E-state index contributed by atoms with van der Waals surface area (Å²) in [6, 6.07) is 13.7. The molecule has 2 heterocycles. The number of H-pyrrole nitrogens is 1. The maximum absolute atomic E-state index is 12.5. The molecule has 1 aliphatic rings. The minimum atomic E-state index is -0.501. The maximum atomic E-state index is 12.5. The van der Waals surface area contributed by atoms with Crippen molar-refractivity contribution in [2.24, 2.45) is 0 Å². The highest BCUT2D eigenvalue weighted by Crippen LogP contribution is 2.14. The van der Waals surface area contributed by atoms with Crippen molar-refractivity contribution < 1.29 is 14.3 Å². The molecule has 7 nitrogen and oxygen atoms in total. The number of aromatic amines is 1. The number of rotatable bonds is 3. The topological polar surface area (TPSA) is 91.5 Å². The SMILES string of the molecule is O=C(Nc1ccc(C(=O)N2CCOCC2)cc1)c1c[nH]c2ccccc2c1=O. The lowest BCUT2D eigenvalue weighted by Crippen LogP contribution is -2.40. The fraction of sp³-hybridized carbons (Fsp3) is 0.190. The molecule has 7 heteroatoms. The molecule has 1 aromatic heterocycles. The van der Waals surface area contributed by atoms with Gasteiger partial charge in [0.05, 0.1) is 13.2 Å². The van der Waals surface area contributed by atoms with Crippen LogP contribution >= 0.6 is 0 Å². The van der Waals surface area contributed by atoms with Crippen molar-refractivity contribution in [3.05, 3.63) is 76.1 Å². The summed E-state index contributed by atoms with van der Waals surface area (Å²) in [4.78, 5) is 42.2. The predicted molar refractivity (Wildman–Crippen MR) is 106 cm³/mol. The number of ether oxygens (including phenoxy) is 1. The monoisotopic (exact) mass is 377 g/mol. The number of carbonyl (C=O) groups excluding carboxylic acids is 2. The molecule has 0 aliphatic carbocycles. The lowest BCUT2D eigenvalue weighted by Gasteiger charge is -2.26. The van der Waals surface area contributed by atoms with Gasteiger partial charge in [-0.3, -0.25) is 14.4 Å². The van der Waals surface area contributed by atoms with Gasteiger partial charge in [0.15, 0.2) is 0 Å². The lowest BCUT2D eigenvalue weighted by molar-refractivity contribution is 0.0303. The second-order valence-corrected chi connectivity index (χ2v) is 6.51. The first kappa shape index (κ1) is 17.9. The highest BCUT2D eigenvalue weighted by atomic mass is 16.5. The Morgan fingerprint density at radius 2 is 1.71 bits per heavy atom. The quantitative estimate of drug-likeness (QED) is 0.732. The minimum absolute atomic E-state index is 0.0344. The van der Waals surface area contributed by atoms with Crippen LogP contribution in [0, 0.1) is 0 Å². The molecule has 28 heavy (non-hydrogen) atoms. The van der Waals surface area contributed by atoms with Crippen LogP contribution in [0.2, 0.25) is 0 Å². The van der Waals surface area contributed by atoms with Gasteiger partial charge in [-0.25, -0.2) is 0 Å². The summed E-state index contributed by atoms with van der Waals surface area (Å²) in [6.45, 7) is 2.23. The van der Waals surface area contributed by atoms with E-state index in [9.17, 15) is 14.4 Å². The normalized spacial score (nSPS) is 14.1.